The number of hydrogen-bond acceptors (Lipinski definition) is 4. The second-order valence-corrected chi connectivity index (χ2v) is 9.02. The highest BCUT2D eigenvalue weighted by Crippen LogP contribution is 2.30. The van der Waals surface area contributed by atoms with E-state index in [2.05, 4.69) is 40.0 Å². The van der Waals surface area contributed by atoms with Gasteiger partial charge in [0.15, 0.2) is 0 Å². The van der Waals surface area contributed by atoms with Gasteiger partial charge in [0, 0.05) is 32.6 Å². The van der Waals surface area contributed by atoms with E-state index < -0.39 is 0 Å². The van der Waals surface area contributed by atoms with E-state index in [4.69, 9.17) is 9.72 Å². The molecule has 1 aliphatic rings. The molecule has 2 aromatic carbocycles. The Morgan fingerprint density at radius 2 is 1.79 bits per heavy atom. The van der Waals surface area contributed by atoms with Gasteiger partial charge in [-0.15, -0.1) is 0 Å². The number of amides is 1. The van der Waals surface area contributed by atoms with Gasteiger partial charge in [0.05, 0.1) is 23.8 Å². The lowest BCUT2D eigenvalue weighted by atomic mass is 10.0. The number of benzene rings is 2. The Labute approximate surface area is 200 Å². The van der Waals surface area contributed by atoms with Gasteiger partial charge in [0.25, 0.3) is 5.91 Å². The SMILES string of the molecule is COc1ccccc1CCc1nc2ccccc2n1C1CCN(C(=O)c2cc(C)nn2C)CC1. The van der Waals surface area contributed by atoms with Crippen molar-refractivity contribution < 1.29 is 9.53 Å². The van der Waals surface area contributed by atoms with Gasteiger partial charge in [-0.3, -0.25) is 9.48 Å². The number of nitrogens with zero attached hydrogens (tertiary/aromatic N) is 5. The average molecular weight is 458 g/mol. The summed E-state index contributed by atoms with van der Waals surface area (Å²) >= 11 is 0. The van der Waals surface area contributed by atoms with Crippen molar-refractivity contribution in [2.45, 2.75) is 38.6 Å². The number of piperidine rings is 1. The molecule has 0 aliphatic carbocycles. The molecule has 0 saturated carbocycles. The van der Waals surface area contributed by atoms with Crippen molar-refractivity contribution in [1.82, 2.24) is 24.2 Å². The molecule has 1 amide bonds. The van der Waals surface area contributed by atoms with Crippen molar-refractivity contribution in [2.75, 3.05) is 20.2 Å². The highest BCUT2D eigenvalue weighted by molar-refractivity contribution is 5.92. The number of imidazole rings is 1. The van der Waals surface area contributed by atoms with Crippen LogP contribution in [0.1, 0.15) is 46.5 Å². The molecule has 0 atom stereocenters. The number of hydrogen-bond donors (Lipinski definition) is 0. The zero-order valence-electron chi connectivity index (χ0n) is 20.1. The average Bonchev–Trinajstić information content (AvgIpc) is 3.41. The zero-order chi connectivity index (χ0) is 23.7. The Kier molecular flexibility index (Phi) is 6.09. The van der Waals surface area contributed by atoms with Crippen molar-refractivity contribution in [3.63, 3.8) is 0 Å². The second-order valence-electron chi connectivity index (χ2n) is 9.02. The van der Waals surface area contributed by atoms with Crippen LogP contribution in [0, 0.1) is 6.92 Å². The largest absolute Gasteiger partial charge is 0.496 e. The van der Waals surface area contributed by atoms with Gasteiger partial charge in [0.2, 0.25) is 0 Å². The van der Waals surface area contributed by atoms with Crippen LogP contribution in [-0.2, 0) is 19.9 Å². The van der Waals surface area contributed by atoms with Crippen molar-refractivity contribution >= 4 is 16.9 Å². The fraction of sp³-hybridized carbons (Fsp3) is 0.370. The van der Waals surface area contributed by atoms with Gasteiger partial charge >= 0.3 is 0 Å². The van der Waals surface area contributed by atoms with E-state index in [1.165, 1.54) is 11.1 Å². The lowest BCUT2D eigenvalue weighted by Crippen LogP contribution is -2.40. The summed E-state index contributed by atoms with van der Waals surface area (Å²) in [6.45, 7) is 3.37. The Bertz CT molecular complexity index is 1310. The van der Waals surface area contributed by atoms with E-state index in [0.717, 1.165) is 61.6 Å². The molecule has 7 heteroatoms. The number of likely N-dealkylation sites (tertiary alicyclic amines) is 1. The summed E-state index contributed by atoms with van der Waals surface area (Å²) in [5.74, 6) is 2.08. The third-order valence-electron chi connectivity index (χ3n) is 6.82. The van der Waals surface area contributed by atoms with Crippen LogP contribution in [0.2, 0.25) is 0 Å². The first-order chi connectivity index (χ1) is 16.5. The standard InChI is InChI=1S/C27H31N5O2/c1-19-18-24(30(2)29-19)27(33)31-16-14-21(15-17-31)32-23-10-6-5-9-22(23)28-26(32)13-12-20-8-4-7-11-25(20)34-3/h4-11,18,21H,12-17H2,1-3H3. The summed E-state index contributed by atoms with van der Waals surface area (Å²) in [7, 11) is 3.55. The molecule has 0 radical (unpaired) electrons. The third-order valence-corrected chi connectivity index (χ3v) is 6.82. The van der Waals surface area contributed by atoms with Gasteiger partial charge in [0.1, 0.15) is 17.3 Å². The summed E-state index contributed by atoms with van der Waals surface area (Å²) < 4.78 is 9.65. The smallest absolute Gasteiger partial charge is 0.272 e. The number of aromatic nitrogens is 4. The maximum atomic E-state index is 13.1. The molecular formula is C27H31N5O2. The van der Waals surface area contributed by atoms with Crippen LogP contribution in [-0.4, -0.2) is 50.3 Å². The normalized spacial score (nSPS) is 14.6. The van der Waals surface area contributed by atoms with Crippen LogP contribution < -0.4 is 4.74 Å². The molecule has 4 aromatic rings. The maximum absolute atomic E-state index is 13.1. The summed E-state index contributed by atoms with van der Waals surface area (Å²) in [5.41, 5.74) is 4.91. The van der Waals surface area contributed by atoms with E-state index in [1.54, 1.807) is 11.8 Å². The van der Waals surface area contributed by atoms with Gasteiger partial charge in [-0.2, -0.15) is 5.10 Å². The summed E-state index contributed by atoms with van der Waals surface area (Å²) in [4.78, 5) is 20.0. The van der Waals surface area contributed by atoms with E-state index in [1.807, 2.05) is 43.1 Å². The van der Waals surface area contributed by atoms with Crippen LogP contribution in [0.15, 0.2) is 54.6 Å². The highest BCUT2D eigenvalue weighted by atomic mass is 16.5. The quantitative estimate of drug-likeness (QED) is 0.432. The number of aryl methyl sites for hydroxylation is 4. The number of carbonyl (C=O) groups excluding carboxylic acids is 1. The zero-order valence-corrected chi connectivity index (χ0v) is 20.1. The number of methoxy groups -OCH3 is 1. The van der Waals surface area contributed by atoms with Crippen LogP contribution in [0.4, 0.5) is 0 Å². The maximum Gasteiger partial charge on any atom is 0.272 e. The first-order valence-electron chi connectivity index (χ1n) is 11.9. The monoisotopic (exact) mass is 457 g/mol. The number of rotatable bonds is 6. The Morgan fingerprint density at radius 1 is 1.06 bits per heavy atom. The molecule has 7 nitrogen and oxygen atoms in total. The molecule has 3 heterocycles. The van der Waals surface area contributed by atoms with Crippen molar-refractivity contribution in [3.8, 4) is 5.75 Å². The molecule has 176 valence electrons. The van der Waals surface area contributed by atoms with Gasteiger partial charge in [-0.25, -0.2) is 4.98 Å². The van der Waals surface area contributed by atoms with E-state index in [-0.39, 0.29) is 5.91 Å². The van der Waals surface area contributed by atoms with E-state index >= 15 is 0 Å². The van der Waals surface area contributed by atoms with Crippen LogP contribution in [0.3, 0.4) is 0 Å². The number of ether oxygens (including phenoxy) is 1. The molecule has 1 saturated heterocycles. The summed E-state index contributed by atoms with van der Waals surface area (Å²) in [6, 6.07) is 18.7. The Balaban J connectivity index is 1.36. The van der Waals surface area contributed by atoms with E-state index in [0.29, 0.717) is 11.7 Å². The fourth-order valence-corrected chi connectivity index (χ4v) is 5.13. The van der Waals surface area contributed by atoms with Gasteiger partial charge in [-0.1, -0.05) is 30.3 Å². The lowest BCUT2D eigenvalue weighted by Gasteiger charge is -2.33. The van der Waals surface area contributed by atoms with Gasteiger partial charge in [-0.05, 0) is 56.0 Å². The minimum absolute atomic E-state index is 0.0634. The minimum atomic E-state index is 0.0634. The molecule has 0 N–H and O–H groups in total. The van der Waals surface area contributed by atoms with Crippen molar-refractivity contribution in [3.05, 3.63) is 77.4 Å². The van der Waals surface area contributed by atoms with Crippen LogP contribution in [0.5, 0.6) is 5.75 Å². The molecule has 0 unspecified atom stereocenters. The first-order valence-corrected chi connectivity index (χ1v) is 11.9. The van der Waals surface area contributed by atoms with Crippen LogP contribution >= 0.6 is 0 Å². The summed E-state index contributed by atoms with van der Waals surface area (Å²) in [5, 5.41) is 4.33. The predicted octanol–water partition coefficient (Wildman–Crippen LogP) is 4.35. The highest BCUT2D eigenvalue weighted by Gasteiger charge is 2.28. The topological polar surface area (TPSA) is 65.2 Å². The molecule has 2 aromatic heterocycles. The number of carbonyl (C=O) groups is 1. The predicted molar refractivity (Wildman–Crippen MR) is 132 cm³/mol. The molecule has 5 rings (SSSR count). The second kappa shape index (κ2) is 9.33. The Morgan fingerprint density at radius 3 is 2.53 bits per heavy atom. The molecular weight excluding hydrogens is 426 g/mol. The van der Waals surface area contributed by atoms with E-state index in [9.17, 15) is 4.79 Å². The van der Waals surface area contributed by atoms with Crippen LogP contribution in [0.25, 0.3) is 11.0 Å². The third kappa shape index (κ3) is 4.18. The lowest BCUT2D eigenvalue weighted by molar-refractivity contribution is 0.0684. The molecule has 1 fully saturated rings. The number of para-hydroxylation sites is 3. The molecule has 34 heavy (non-hydrogen) atoms. The first kappa shape index (κ1) is 22.2. The molecule has 0 spiro atoms. The Hall–Kier alpha value is -3.61. The van der Waals surface area contributed by atoms with Crippen molar-refractivity contribution in [2.24, 2.45) is 7.05 Å². The minimum Gasteiger partial charge on any atom is -0.496 e. The molecule has 1 aliphatic heterocycles. The number of fused-ring (bicyclic) bond motifs is 1. The van der Waals surface area contributed by atoms with Crippen molar-refractivity contribution in [1.29, 1.82) is 0 Å². The summed E-state index contributed by atoms with van der Waals surface area (Å²) in [6.07, 6.45) is 3.52. The van der Waals surface area contributed by atoms with Gasteiger partial charge < -0.3 is 14.2 Å². The fourth-order valence-electron chi connectivity index (χ4n) is 5.13. The molecule has 0 bridgehead atoms.